The highest BCUT2D eigenvalue weighted by Gasteiger charge is 2.32. The molecule has 0 bridgehead atoms. The van der Waals surface area contributed by atoms with Gasteiger partial charge in [0.2, 0.25) is 0 Å². The lowest BCUT2D eigenvalue weighted by molar-refractivity contribution is 0.0182. The van der Waals surface area contributed by atoms with Gasteiger partial charge in [-0.2, -0.15) is 5.12 Å². The number of carbonyl (C=O) groups is 1. The lowest BCUT2D eigenvalue weighted by Crippen LogP contribution is -2.39. The van der Waals surface area contributed by atoms with Crippen molar-refractivity contribution >= 4 is 14.5 Å². The van der Waals surface area contributed by atoms with Crippen LogP contribution in [0, 0.1) is 23.3 Å². The zero-order valence-electron chi connectivity index (χ0n) is 14.2. The van der Waals surface area contributed by atoms with E-state index in [1.54, 1.807) is 0 Å². The van der Waals surface area contributed by atoms with Crippen LogP contribution in [0.25, 0.3) is 0 Å². The van der Waals surface area contributed by atoms with Crippen LogP contribution in [0.4, 0.5) is 22.0 Å². The topological polar surface area (TPSA) is 38.8 Å². The highest BCUT2D eigenvalue weighted by molar-refractivity contribution is 6.67. The molecule has 1 aromatic carbocycles. The minimum Gasteiger partial charge on any atom is -0.398 e. The standard InChI is InChI=1S/C15H20F5NO3Si/c1-4-25(23-2,24-3)8-6-5-7-21(20)15(22)10-9-11(16)13(18)14(19)12(10)17/h9H,4-8H2,1-3H3. The highest BCUT2D eigenvalue weighted by Crippen LogP contribution is 2.22. The Bertz CT molecular complexity index is 605. The van der Waals surface area contributed by atoms with E-state index in [0.717, 1.165) is 0 Å². The molecule has 0 aliphatic carbocycles. The second-order valence-electron chi connectivity index (χ2n) is 5.37. The second-order valence-corrected chi connectivity index (χ2v) is 9.21. The molecule has 1 aromatic rings. The Morgan fingerprint density at radius 3 is 2.20 bits per heavy atom. The fourth-order valence-electron chi connectivity index (χ4n) is 2.36. The maximum atomic E-state index is 13.8. The predicted molar refractivity (Wildman–Crippen MR) is 82.7 cm³/mol. The van der Waals surface area contributed by atoms with E-state index >= 15 is 0 Å². The first-order valence-corrected chi connectivity index (χ1v) is 9.87. The number of benzene rings is 1. The molecule has 10 heteroatoms. The SMILES string of the molecule is CC[Si](CCCCN(F)C(=O)c1cc(F)c(F)c(F)c1F)(OC)OC. The molecule has 0 fully saturated rings. The zero-order chi connectivity index (χ0) is 19.2. The Balaban J connectivity index is 2.67. The Morgan fingerprint density at radius 1 is 1.08 bits per heavy atom. The van der Waals surface area contributed by atoms with E-state index < -0.39 is 49.8 Å². The smallest absolute Gasteiger partial charge is 0.337 e. The van der Waals surface area contributed by atoms with E-state index in [-0.39, 0.29) is 17.6 Å². The molecule has 1 rings (SSSR count). The summed E-state index contributed by atoms with van der Waals surface area (Å²) in [4.78, 5) is 11.8. The van der Waals surface area contributed by atoms with Gasteiger partial charge < -0.3 is 8.85 Å². The van der Waals surface area contributed by atoms with Gasteiger partial charge >= 0.3 is 8.56 Å². The van der Waals surface area contributed by atoms with Gasteiger partial charge in [-0.05, 0) is 31.0 Å². The van der Waals surface area contributed by atoms with Gasteiger partial charge in [0.25, 0.3) is 5.91 Å². The summed E-state index contributed by atoms with van der Waals surface area (Å²) < 4.78 is 77.2. The predicted octanol–water partition coefficient (Wildman–Crippen LogP) is 4.10. The van der Waals surface area contributed by atoms with E-state index in [2.05, 4.69) is 0 Å². The summed E-state index contributed by atoms with van der Waals surface area (Å²) in [5.41, 5.74) is -1.20. The fourth-order valence-corrected chi connectivity index (χ4v) is 4.65. The number of amides is 1. The fraction of sp³-hybridized carbons (Fsp3) is 0.533. The van der Waals surface area contributed by atoms with Crippen molar-refractivity contribution < 1.29 is 35.7 Å². The zero-order valence-corrected chi connectivity index (χ0v) is 15.2. The Labute approximate surface area is 143 Å². The van der Waals surface area contributed by atoms with Crippen LogP contribution in [0.2, 0.25) is 12.1 Å². The van der Waals surface area contributed by atoms with Gasteiger partial charge in [-0.15, -0.1) is 0 Å². The van der Waals surface area contributed by atoms with Crippen LogP contribution in [0.5, 0.6) is 0 Å². The van der Waals surface area contributed by atoms with Gasteiger partial charge in [0.15, 0.2) is 23.3 Å². The van der Waals surface area contributed by atoms with Crippen LogP contribution < -0.4 is 0 Å². The number of halogens is 5. The monoisotopic (exact) mass is 385 g/mol. The summed E-state index contributed by atoms with van der Waals surface area (Å²) in [6.45, 7) is 1.49. The number of nitrogens with zero attached hydrogens (tertiary/aromatic N) is 1. The van der Waals surface area contributed by atoms with E-state index in [4.69, 9.17) is 8.85 Å². The summed E-state index contributed by atoms with van der Waals surface area (Å²) in [6.07, 6.45) is 0.682. The van der Waals surface area contributed by atoms with E-state index in [1.807, 2.05) is 6.92 Å². The largest absolute Gasteiger partial charge is 0.398 e. The third-order valence-corrected chi connectivity index (χ3v) is 7.68. The maximum absolute atomic E-state index is 13.8. The first-order chi connectivity index (χ1) is 11.7. The first-order valence-electron chi connectivity index (χ1n) is 7.64. The second kappa shape index (κ2) is 9.25. The number of unbranched alkanes of at least 4 members (excludes halogenated alkanes) is 1. The van der Waals surface area contributed by atoms with Crippen LogP contribution in [0.1, 0.15) is 30.1 Å². The van der Waals surface area contributed by atoms with E-state index in [0.29, 0.717) is 18.5 Å². The first kappa shape index (κ1) is 21.5. The number of hydrogen-bond acceptors (Lipinski definition) is 3. The van der Waals surface area contributed by atoms with Crippen molar-refractivity contribution in [3.05, 3.63) is 34.9 Å². The van der Waals surface area contributed by atoms with Gasteiger partial charge in [-0.25, -0.2) is 17.6 Å². The van der Waals surface area contributed by atoms with Crippen LogP contribution in [-0.4, -0.2) is 40.4 Å². The minimum atomic E-state index is -2.34. The molecule has 142 valence electrons. The average Bonchev–Trinajstić information content (AvgIpc) is 2.63. The molecule has 0 saturated carbocycles. The van der Waals surface area contributed by atoms with Gasteiger partial charge in [-0.3, -0.25) is 4.79 Å². The summed E-state index contributed by atoms with van der Waals surface area (Å²) in [5, 5.41) is -0.357. The third-order valence-electron chi connectivity index (χ3n) is 4.00. The average molecular weight is 385 g/mol. The molecule has 0 aliphatic heterocycles. The molecule has 0 saturated heterocycles. The highest BCUT2D eigenvalue weighted by atomic mass is 28.4. The molecule has 4 nitrogen and oxygen atoms in total. The van der Waals surface area contributed by atoms with E-state index in [1.165, 1.54) is 14.2 Å². The molecule has 0 atom stereocenters. The van der Waals surface area contributed by atoms with Crippen LogP contribution >= 0.6 is 0 Å². The summed E-state index contributed by atoms with van der Waals surface area (Å²) >= 11 is 0. The van der Waals surface area contributed by atoms with Crippen molar-refractivity contribution in [2.45, 2.75) is 31.9 Å². The Hall–Kier alpha value is -1.52. The van der Waals surface area contributed by atoms with Crippen molar-refractivity contribution in [1.29, 1.82) is 0 Å². The van der Waals surface area contributed by atoms with Gasteiger partial charge in [-0.1, -0.05) is 11.4 Å². The Morgan fingerprint density at radius 2 is 1.68 bits per heavy atom. The summed E-state index contributed by atoms with van der Waals surface area (Å²) in [6, 6.07) is 1.39. The molecule has 0 aliphatic rings. The maximum Gasteiger partial charge on any atom is 0.337 e. The molecule has 0 heterocycles. The summed E-state index contributed by atoms with van der Waals surface area (Å²) in [5.74, 6) is -9.49. The van der Waals surface area contributed by atoms with Crippen LogP contribution in [0.3, 0.4) is 0 Å². The molecule has 25 heavy (non-hydrogen) atoms. The quantitative estimate of drug-likeness (QED) is 0.160. The van der Waals surface area contributed by atoms with Gasteiger partial charge in [0.05, 0.1) is 12.1 Å². The molecule has 0 unspecified atom stereocenters. The third kappa shape index (κ3) is 4.99. The van der Waals surface area contributed by atoms with Crippen molar-refractivity contribution in [2.24, 2.45) is 0 Å². The van der Waals surface area contributed by atoms with Gasteiger partial charge in [0, 0.05) is 14.2 Å². The lowest BCUT2D eigenvalue weighted by Gasteiger charge is -2.26. The number of rotatable bonds is 9. The molecule has 0 aromatic heterocycles. The van der Waals surface area contributed by atoms with Crippen LogP contribution in [-0.2, 0) is 8.85 Å². The Kier molecular flexibility index (Phi) is 7.96. The minimum absolute atomic E-state index is 0.132. The van der Waals surface area contributed by atoms with Crippen molar-refractivity contribution in [1.82, 2.24) is 5.12 Å². The molecular weight excluding hydrogens is 365 g/mol. The van der Waals surface area contributed by atoms with Crippen LogP contribution in [0.15, 0.2) is 6.07 Å². The molecular formula is C15H20F5NO3Si. The lowest BCUT2D eigenvalue weighted by atomic mass is 10.1. The molecule has 0 radical (unpaired) electrons. The van der Waals surface area contributed by atoms with Crippen molar-refractivity contribution in [3.8, 4) is 0 Å². The molecule has 1 amide bonds. The number of hydrogen-bond donors (Lipinski definition) is 0. The summed E-state index contributed by atoms with van der Waals surface area (Å²) in [7, 11) is 0.727. The van der Waals surface area contributed by atoms with Crippen molar-refractivity contribution in [3.63, 3.8) is 0 Å². The molecule has 0 spiro atoms. The van der Waals surface area contributed by atoms with E-state index in [9.17, 15) is 26.8 Å². The number of carbonyl (C=O) groups excluding carboxylic acids is 1. The van der Waals surface area contributed by atoms with Gasteiger partial charge in [0.1, 0.15) is 0 Å². The van der Waals surface area contributed by atoms with Crippen molar-refractivity contribution in [2.75, 3.05) is 20.8 Å². The normalized spacial score (nSPS) is 11.7. The molecule has 0 N–H and O–H groups in total.